The largest absolute Gasteiger partial charge is 0.387 e. The molecular weight excluding hydrogens is 226 g/mol. The van der Waals surface area contributed by atoms with Crippen molar-refractivity contribution in [3.8, 4) is 0 Å². The summed E-state index contributed by atoms with van der Waals surface area (Å²) in [6.07, 6.45) is 7.39. The normalized spacial score (nSPS) is 28.7. The molecule has 2 atom stereocenters. The average Bonchev–Trinajstić information content (AvgIpc) is 2.77. The number of nitrogens with one attached hydrogen (secondary N) is 1. The number of hydrogen-bond acceptors (Lipinski definition) is 3. The highest BCUT2D eigenvalue weighted by atomic mass is 16.5. The molecule has 2 fully saturated rings. The van der Waals surface area contributed by atoms with Gasteiger partial charge in [-0.25, -0.2) is 0 Å². The van der Waals surface area contributed by atoms with Gasteiger partial charge in [0.25, 0.3) is 0 Å². The van der Waals surface area contributed by atoms with E-state index in [1.165, 1.54) is 25.7 Å². The van der Waals surface area contributed by atoms with Crippen molar-refractivity contribution in [2.45, 2.75) is 57.1 Å². The molecule has 1 saturated carbocycles. The highest BCUT2D eigenvalue weighted by Gasteiger charge is 2.40. The maximum absolute atomic E-state index is 7.49. The fourth-order valence-electron chi connectivity index (χ4n) is 3.43. The van der Waals surface area contributed by atoms with Crippen molar-refractivity contribution in [2.24, 2.45) is 11.7 Å². The summed E-state index contributed by atoms with van der Waals surface area (Å²) in [5, 5.41) is 7.49. The van der Waals surface area contributed by atoms with Gasteiger partial charge in [0.2, 0.25) is 0 Å². The van der Waals surface area contributed by atoms with Crippen molar-refractivity contribution in [1.29, 1.82) is 5.41 Å². The second-order valence-corrected chi connectivity index (χ2v) is 6.18. The second-order valence-electron chi connectivity index (χ2n) is 6.18. The number of hydrogen-bond donors (Lipinski definition) is 2. The van der Waals surface area contributed by atoms with Crippen molar-refractivity contribution >= 4 is 5.84 Å². The smallest absolute Gasteiger partial charge is 0.0947 e. The lowest BCUT2D eigenvalue weighted by atomic mass is 9.88. The van der Waals surface area contributed by atoms with Crippen LogP contribution in [0.3, 0.4) is 0 Å². The molecule has 2 unspecified atom stereocenters. The summed E-state index contributed by atoms with van der Waals surface area (Å²) in [6, 6.07) is 0.596. The number of rotatable bonds is 4. The van der Waals surface area contributed by atoms with Crippen LogP contribution in [-0.4, -0.2) is 42.6 Å². The van der Waals surface area contributed by atoms with Crippen LogP contribution in [0.1, 0.15) is 45.4 Å². The zero-order valence-corrected chi connectivity index (χ0v) is 11.7. The summed E-state index contributed by atoms with van der Waals surface area (Å²) in [5.41, 5.74) is 5.74. The molecule has 2 rings (SSSR count). The topological polar surface area (TPSA) is 62.3 Å². The van der Waals surface area contributed by atoms with Gasteiger partial charge in [0.15, 0.2) is 0 Å². The maximum atomic E-state index is 7.49. The first-order valence-corrected chi connectivity index (χ1v) is 7.20. The molecule has 0 aromatic rings. The molecule has 1 heterocycles. The van der Waals surface area contributed by atoms with E-state index in [1.54, 1.807) is 0 Å². The van der Waals surface area contributed by atoms with Crippen LogP contribution in [0.2, 0.25) is 0 Å². The van der Waals surface area contributed by atoms with E-state index in [0.717, 1.165) is 26.0 Å². The third-order valence-electron chi connectivity index (χ3n) is 4.70. The third-order valence-corrected chi connectivity index (χ3v) is 4.70. The molecular formula is C14H27N3O. The van der Waals surface area contributed by atoms with Gasteiger partial charge in [-0.15, -0.1) is 0 Å². The fourth-order valence-corrected chi connectivity index (χ4v) is 3.43. The van der Waals surface area contributed by atoms with Gasteiger partial charge in [-0.1, -0.05) is 19.8 Å². The Hall–Kier alpha value is -0.610. The van der Waals surface area contributed by atoms with Crippen molar-refractivity contribution in [1.82, 2.24) is 4.90 Å². The van der Waals surface area contributed by atoms with E-state index >= 15 is 0 Å². The molecule has 4 nitrogen and oxygen atoms in total. The van der Waals surface area contributed by atoms with Crippen LogP contribution >= 0.6 is 0 Å². The molecule has 104 valence electrons. The van der Waals surface area contributed by atoms with Crippen LogP contribution in [0.15, 0.2) is 0 Å². The molecule has 0 aromatic carbocycles. The number of nitrogens with zero attached hydrogens (tertiary/aromatic N) is 1. The van der Waals surface area contributed by atoms with Crippen molar-refractivity contribution in [3.05, 3.63) is 0 Å². The van der Waals surface area contributed by atoms with E-state index in [9.17, 15) is 0 Å². The highest BCUT2D eigenvalue weighted by Crippen LogP contribution is 2.41. The van der Waals surface area contributed by atoms with Gasteiger partial charge in [0, 0.05) is 25.1 Å². The monoisotopic (exact) mass is 253 g/mol. The van der Waals surface area contributed by atoms with Gasteiger partial charge in [-0.05, 0) is 32.7 Å². The molecule has 0 bridgehead atoms. The van der Waals surface area contributed by atoms with Gasteiger partial charge in [-0.2, -0.15) is 0 Å². The summed E-state index contributed by atoms with van der Waals surface area (Å²) in [6.45, 7) is 3.81. The summed E-state index contributed by atoms with van der Waals surface area (Å²) >= 11 is 0. The maximum Gasteiger partial charge on any atom is 0.0947 e. The molecule has 18 heavy (non-hydrogen) atoms. The molecule has 1 aliphatic carbocycles. The van der Waals surface area contributed by atoms with Crippen molar-refractivity contribution in [3.63, 3.8) is 0 Å². The van der Waals surface area contributed by atoms with Gasteiger partial charge in [0.05, 0.1) is 11.4 Å². The van der Waals surface area contributed by atoms with E-state index in [0.29, 0.717) is 11.9 Å². The Morgan fingerprint density at radius 1 is 1.50 bits per heavy atom. The lowest BCUT2D eigenvalue weighted by Crippen LogP contribution is -2.48. The SMILES string of the molecule is CC(CN(C)C1CCOC2(CCCC2)C1)C(=N)N. The molecule has 2 aliphatic rings. The molecule has 1 saturated heterocycles. The van der Waals surface area contributed by atoms with Crippen LogP contribution in [0.5, 0.6) is 0 Å². The number of ether oxygens (including phenoxy) is 1. The first-order valence-electron chi connectivity index (χ1n) is 7.20. The Morgan fingerprint density at radius 3 is 2.78 bits per heavy atom. The number of amidine groups is 1. The number of nitrogens with two attached hydrogens (primary N) is 1. The Balaban J connectivity index is 1.90. The van der Waals surface area contributed by atoms with Crippen molar-refractivity contribution < 1.29 is 4.74 Å². The standard InChI is InChI=1S/C14H27N3O/c1-11(13(15)16)10-17(2)12-5-8-18-14(9-12)6-3-4-7-14/h11-12H,3-10H2,1-2H3,(H3,15,16). The van der Waals surface area contributed by atoms with Gasteiger partial charge in [0.1, 0.15) is 0 Å². The van der Waals surface area contributed by atoms with Crippen LogP contribution in [0, 0.1) is 11.3 Å². The second kappa shape index (κ2) is 5.57. The van der Waals surface area contributed by atoms with E-state index in [-0.39, 0.29) is 11.5 Å². The summed E-state index contributed by atoms with van der Waals surface area (Å²) in [4.78, 5) is 2.38. The van der Waals surface area contributed by atoms with Crippen LogP contribution < -0.4 is 5.73 Å². The Labute approximate surface area is 110 Å². The third kappa shape index (κ3) is 3.04. The zero-order valence-electron chi connectivity index (χ0n) is 11.7. The Kier molecular flexibility index (Phi) is 4.28. The van der Waals surface area contributed by atoms with Gasteiger partial charge < -0.3 is 15.4 Å². The minimum absolute atomic E-state index is 0.150. The van der Waals surface area contributed by atoms with E-state index < -0.39 is 0 Å². The minimum Gasteiger partial charge on any atom is -0.387 e. The molecule has 1 aliphatic heterocycles. The Bertz CT molecular complexity index is 299. The van der Waals surface area contributed by atoms with E-state index in [1.807, 2.05) is 6.92 Å². The van der Waals surface area contributed by atoms with Crippen LogP contribution in [-0.2, 0) is 4.74 Å². The van der Waals surface area contributed by atoms with Crippen LogP contribution in [0.25, 0.3) is 0 Å². The van der Waals surface area contributed by atoms with Gasteiger partial charge >= 0.3 is 0 Å². The summed E-state index contributed by atoms with van der Waals surface area (Å²) in [7, 11) is 2.16. The first-order chi connectivity index (χ1) is 8.52. The fraction of sp³-hybridized carbons (Fsp3) is 0.929. The van der Waals surface area contributed by atoms with E-state index in [2.05, 4.69) is 11.9 Å². The predicted octanol–water partition coefficient (Wildman–Crippen LogP) is 1.98. The molecule has 0 amide bonds. The molecule has 4 heteroatoms. The quantitative estimate of drug-likeness (QED) is 0.595. The molecule has 0 aromatic heterocycles. The minimum atomic E-state index is 0.150. The molecule has 3 N–H and O–H groups in total. The molecule has 0 radical (unpaired) electrons. The summed E-state index contributed by atoms with van der Waals surface area (Å²) in [5.74, 6) is 0.446. The van der Waals surface area contributed by atoms with E-state index in [4.69, 9.17) is 15.9 Å². The molecule has 1 spiro atoms. The predicted molar refractivity (Wildman–Crippen MR) is 73.9 cm³/mol. The zero-order chi connectivity index (χ0) is 13.2. The lowest BCUT2D eigenvalue weighted by Gasteiger charge is -2.42. The summed E-state index contributed by atoms with van der Waals surface area (Å²) < 4.78 is 6.07. The highest BCUT2D eigenvalue weighted by molar-refractivity contribution is 5.79. The lowest BCUT2D eigenvalue weighted by molar-refractivity contribution is -0.0992. The Morgan fingerprint density at radius 2 is 2.17 bits per heavy atom. The average molecular weight is 253 g/mol. The van der Waals surface area contributed by atoms with Gasteiger partial charge in [-0.3, -0.25) is 5.41 Å². The van der Waals surface area contributed by atoms with Crippen molar-refractivity contribution in [2.75, 3.05) is 20.2 Å². The first kappa shape index (κ1) is 13.8. The van der Waals surface area contributed by atoms with Crippen LogP contribution in [0.4, 0.5) is 0 Å².